The van der Waals surface area contributed by atoms with Crippen LogP contribution >= 0.6 is 0 Å². The van der Waals surface area contributed by atoms with Gasteiger partial charge in [0.25, 0.3) is 0 Å². The molecule has 0 heterocycles. The number of nitrogens with zero attached hydrogens (tertiary/aromatic N) is 6. The van der Waals surface area contributed by atoms with Gasteiger partial charge in [-0.25, -0.2) is 0 Å². The molecule has 0 saturated carbocycles. The second kappa shape index (κ2) is 11.3. The standard InChI is InChI=1S/C14H21N7/c1-16(2)11-20(12-17(3)4)9-15-10-21(13-18(5)6)14-19(7)8/h1-8,15H,9-14H2. The van der Waals surface area contributed by atoms with E-state index >= 15 is 0 Å². The maximum Gasteiger partial charge on any atom is 0.0538 e. The number of hydrogen-bond acceptors (Lipinski definition) is 7. The summed E-state index contributed by atoms with van der Waals surface area (Å²) in [4.78, 5) is 7.53. The predicted octanol–water partition coefficient (Wildman–Crippen LogP) is -0.518. The SMILES string of the molecule is [CH]N([CH])CN(CNCN(CN([CH])[CH])CN([CH])[CH])CN([CH])[CH]. The third-order valence-electron chi connectivity index (χ3n) is 2.12. The molecule has 0 aromatic carbocycles. The molecule has 21 heavy (non-hydrogen) atoms. The summed E-state index contributed by atoms with van der Waals surface area (Å²) in [5.41, 5.74) is 0. The molecule has 0 aliphatic rings. The third-order valence-corrected chi connectivity index (χ3v) is 2.12. The Morgan fingerprint density at radius 3 is 0.905 bits per heavy atom. The van der Waals surface area contributed by atoms with E-state index in [1.165, 1.54) is 0 Å². The number of hydrogen-bond donors (Lipinski definition) is 1. The Morgan fingerprint density at radius 2 is 0.714 bits per heavy atom. The highest BCUT2D eigenvalue weighted by Gasteiger charge is 2.10. The molecule has 0 bridgehead atoms. The van der Waals surface area contributed by atoms with E-state index < -0.39 is 0 Å². The topological polar surface area (TPSA) is 31.5 Å². The minimum Gasteiger partial charge on any atom is -0.291 e. The lowest BCUT2D eigenvalue weighted by Crippen LogP contribution is -2.48. The predicted molar refractivity (Wildman–Crippen MR) is 77.8 cm³/mol. The van der Waals surface area contributed by atoms with Crippen molar-refractivity contribution in [3.8, 4) is 0 Å². The molecular weight excluding hydrogens is 266 g/mol. The van der Waals surface area contributed by atoms with Crippen LogP contribution in [0, 0.1) is 56.4 Å². The molecule has 16 radical (unpaired) electrons. The first-order valence-corrected chi connectivity index (χ1v) is 5.93. The molecule has 0 aliphatic heterocycles. The summed E-state index contributed by atoms with van der Waals surface area (Å²) in [7, 11) is 43.1. The lowest BCUT2D eigenvalue weighted by atomic mass is 10.6. The van der Waals surface area contributed by atoms with Crippen molar-refractivity contribution in [2.45, 2.75) is 0 Å². The zero-order valence-corrected chi connectivity index (χ0v) is 12.0. The second-order valence-corrected chi connectivity index (χ2v) is 4.53. The Kier molecular flexibility index (Phi) is 11.2. The zero-order chi connectivity index (χ0) is 16.4. The van der Waals surface area contributed by atoms with Crippen molar-refractivity contribution >= 4 is 0 Å². The van der Waals surface area contributed by atoms with Gasteiger partial charge in [-0.1, -0.05) is 0 Å². The van der Waals surface area contributed by atoms with Gasteiger partial charge in [0.1, 0.15) is 0 Å². The van der Waals surface area contributed by atoms with Crippen molar-refractivity contribution in [3.63, 3.8) is 0 Å². The molecule has 0 amide bonds. The van der Waals surface area contributed by atoms with Crippen LogP contribution in [0.5, 0.6) is 0 Å². The largest absolute Gasteiger partial charge is 0.291 e. The highest BCUT2D eigenvalue weighted by Crippen LogP contribution is 1.96. The molecule has 0 unspecified atom stereocenters. The molecule has 7 heteroatoms. The highest BCUT2D eigenvalue weighted by molar-refractivity contribution is 4.63. The van der Waals surface area contributed by atoms with Crippen LogP contribution < -0.4 is 5.32 Å². The summed E-state index contributed by atoms with van der Waals surface area (Å²) in [6.07, 6.45) is 0. The van der Waals surface area contributed by atoms with Gasteiger partial charge in [-0.05, 0) is 0 Å². The number of nitrogens with one attached hydrogen (secondary N) is 1. The van der Waals surface area contributed by atoms with Gasteiger partial charge < -0.3 is 0 Å². The molecule has 0 saturated heterocycles. The maximum absolute atomic E-state index is 5.38. The van der Waals surface area contributed by atoms with Gasteiger partial charge in [-0.15, -0.1) is 0 Å². The van der Waals surface area contributed by atoms with E-state index in [1.807, 2.05) is 0 Å². The van der Waals surface area contributed by atoms with Crippen molar-refractivity contribution in [1.82, 2.24) is 34.7 Å². The van der Waals surface area contributed by atoms with Crippen molar-refractivity contribution in [2.75, 3.05) is 40.0 Å². The first kappa shape index (κ1) is 20.7. The maximum atomic E-state index is 5.38. The summed E-state index contributed by atoms with van der Waals surface area (Å²) in [5, 5.41) is 3.11. The van der Waals surface area contributed by atoms with Crippen LogP contribution in [0.25, 0.3) is 0 Å². The molecule has 0 aliphatic carbocycles. The highest BCUT2D eigenvalue weighted by atomic mass is 15.4. The lowest BCUT2D eigenvalue weighted by Gasteiger charge is -2.31. The van der Waals surface area contributed by atoms with Crippen LogP contribution in [-0.2, 0) is 0 Å². The van der Waals surface area contributed by atoms with Crippen LogP contribution in [-0.4, -0.2) is 69.4 Å². The molecular formula is C14H21N7. The fourth-order valence-corrected chi connectivity index (χ4v) is 1.58. The summed E-state index contributed by atoms with van der Waals surface area (Å²) in [5.74, 6) is 0. The van der Waals surface area contributed by atoms with Crippen LogP contribution in [0.2, 0.25) is 0 Å². The van der Waals surface area contributed by atoms with Gasteiger partial charge in [0.2, 0.25) is 0 Å². The van der Waals surface area contributed by atoms with Gasteiger partial charge in [-0.2, -0.15) is 0 Å². The minimum atomic E-state index is 0.248. The molecule has 1 N–H and O–H groups in total. The Balaban J connectivity index is 4.21. The van der Waals surface area contributed by atoms with E-state index in [0.717, 1.165) is 19.6 Å². The summed E-state index contributed by atoms with van der Waals surface area (Å²) in [6, 6.07) is 0. The fourth-order valence-electron chi connectivity index (χ4n) is 1.58. The quantitative estimate of drug-likeness (QED) is 0.382. The van der Waals surface area contributed by atoms with Crippen molar-refractivity contribution in [1.29, 1.82) is 0 Å². The van der Waals surface area contributed by atoms with Gasteiger partial charge in [0.15, 0.2) is 0 Å². The Hall–Kier alpha value is -0.280. The molecule has 0 fully saturated rings. The van der Waals surface area contributed by atoms with E-state index in [0.29, 0.717) is 13.3 Å². The summed E-state index contributed by atoms with van der Waals surface area (Å²) < 4.78 is 0. The molecule has 112 valence electrons. The van der Waals surface area contributed by atoms with Crippen LogP contribution in [0.3, 0.4) is 0 Å². The minimum absolute atomic E-state index is 0.248. The Bertz CT molecular complexity index is 199. The van der Waals surface area contributed by atoms with E-state index in [-0.39, 0.29) is 26.7 Å². The molecule has 0 aromatic rings. The third kappa shape index (κ3) is 13.1. The van der Waals surface area contributed by atoms with Crippen LogP contribution in [0.4, 0.5) is 0 Å². The van der Waals surface area contributed by atoms with E-state index in [2.05, 4.69) is 5.32 Å². The molecule has 0 spiro atoms. The van der Waals surface area contributed by atoms with Gasteiger partial charge in [0.05, 0.1) is 40.0 Å². The van der Waals surface area contributed by atoms with E-state index in [1.54, 1.807) is 9.80 Å². The Morgan fingerprint density at radius 1 is 0.476 bits per heavy atom. The van der Waals surface area contributed by atoms with Crippen LogP contribution in [0.15, 0.2) is 0 Å². The second-order valence-electron chi connectivity index (χ2n) is 4.53. The monoisotopic (exact) mass is 287 g/mol. The van der Waals surface area contributed by atoms with Crippen molar-refractivity contribution < 1.29 is 0 Å². The fraction of sp³-hybridized carbons (Fsp3) is 0.429. The smallest absolute Gasteiger partial charge is 0.0538 e. The molecule has 7 nitrogen and oxygen atoms in total. The van der Waals surface area contributed by atoms with Crippen LogP contribution in [0.1, 0.15) is 0 Å². The summed E-state index contributed by atoms with van der Waals surface area (Å²) >= 11 is 0. The first-order chi connectivity index (χ1) is 9.70. The Labute approximate surface area is 132 Å². The van der Waals surface area contributed by atoms with Gasteiger partial charge >= 0.3 is 0 Å². The van der Waals surface area contributed by atoms with Crippen molar-refractivity contribution in [3.05, 3.63) is 56.4 Å². The normalized spacial score (nSPS) is 12.9. The first-order valence-electron chi connectivity index (χ1n) is 5.93. The van der Waals surface area contributed by atoms with Gasteiger partial charge in [0, 0.05) is 56.4 Å². The number of rotatable bonds is 12. The molecule has 0 atom stereocenters. The molecule has 0 rings (SSSR count). The van der Waals surface area contributed by atoms with Gasteiger partial charge in [-0.3, -0.25) is 34.7 Å². The lowest BCUT2D eigenvalue weighted by molar-refractivity contribution is 0.102. The average Bonchev–Trinajstić information content (AvgIpc) is 2.24. The van der Waals surface area contributed by atoms with Crippen molar-refractivity contribution in [2.24, 2.45) is 0 Å². The summed E-state index contributed by atoms with van der Waals surface area (Å²) in [6.45, 7) is 1.79. The zero-order valence-electron chi connectivity index (χ0n) is 12.0. The molecule has 0 aromatic heterocycles. The van der Waals surface area contributed by atoms with E-state index in [4.69, 9.17) is 56.4 Å². The van der Waals surface area contributed by atoms with E-state index in [9.17, 15) is 0 Å². The average molecular weight is 287 g/mol.